The van der Waals surface area contributed by atoms with Gasteiger partial charge in [-0.25, -0.2) is 9.97 Å². The summed E-state index contributed by atoms with van der Waals surface area (Å²) in [5.74, 6) is 2.06. The first kappa shape index (κ1) is 16.2. The van der Waals surface area contributed by atoms with E-state index in [4.69, 9.17) is 15.1 Å². The highest BCUT2D eigenvalue weighted by Gasteiger charge is 2.26. The second-order valence-corrected chi connectivity index (χ2v) is 7.97. The first-order valence-electron chi connectivity index (χ1n) is 9.13. The molecule has 2 aromatic rings. The molecule has 1 fully saturated rings. The third-order valence-corrected chi connectivity index (χ3v) is 6.40. The Morgan fingerprint density at radius 3 is 2.71 bits per heavy atom. The van der Waals surface area contributed by atoms with Crippen LogP contribution in [0.5, 0.6) is 0 Å². The van der Waals surface area contributed by atoms with Crippen molar-refractivity contribution >= 4 is 27.4 Å². The number of thiophene rings is 1. The lowest BCUT2D eigenvalue weighted by molar-refractivity contribution is 0.232. The summed E-state index contributed by atoms with van der Waals surface area (Å²) in [7, 11) is 0. The lowest BCUT2D eigenvalue weighted by Crippen LogP contribution is -2.47. The Hall–Kier alpha value is -1.24. The topological polar surface area (TPSA) is 52.5 Å². The quantitative estimate of drug-likeness (QED) is 0.843. The highest BCUT2D eigenvalue weighted by Crippen LogP contribution is 2.40. The number of anilines is 1. The first-order valence-corrected chi connectivity index (χ1v) is 9.95. The SMILES string of the molecule is Cc1nc(N2CCN(CCCCO)CC2)c2c3c(sc2n1)CCC3. The average molecular weight is 347 g/mol. The molecular formula is C18H26N4OS. The van der Waals surface area contributed by atoms with Gasteiger partial charge >= 0.3 is 0 Å². The fraction of sp³-hybridized carbons (Fsp3) is 0.667. The summed E-state index contributed by atoms with van der Waals surface area (Å²) >= 11 is 1.88. The van der Waals surface area contributed by atoms with Crippen LogP contribution in [0.15, 0.2) is 0 Å². The van der Waals surface area contributed by atoms with Gasteiger partial charge < -0.3 is 10.0 Å². The van der Waals surface area contributed by atoms with Crippen LogP contribution in [0.4, 0.5) is 5.82 Å². The number of fused-ring (bicyclic) bond motifs is 3. The molecule has 0 spiro atoms. The van der Waals surface area contributed by atoms with Crippen molar-refractivity contribution in [3.8, 4) is 0 Å². The van der Waals surface area contributed by atoms with Crippen molar-refractivity contribution in [2.45, 2.75) is 39.0 Å². The van der Waals surface area contributed by atoms with Gasteiger partial charge in [0.05, 0.1) is 5.39 Å². The van der Waals surface area contributed by atoms with E-state index in [1.807, 2.05) is 18.3 Å². The van der Waals surface area contributed by atoms with Crippen LogP contribution in [-0.4, -0.2) is 59.3 Å². The summed E-state index contributed by atoms with van der Waals surface area (Å²) in [5, 5.41) is 10.3. The summed E-state index contributed by atoms with van der Waals surface area (Å²) in [5.41, 5.74) is 1.52. The second kappa shape index (κ2) is 6.94. The molecule has 2 aromatic heterocycles. The number of aliphatic hydroxyl groups excluding tert-OH is 1. The summed E-state index contributed by atoms with van der Waals surface area (Å²) in [6.45, 7) is 7.66. The predicted molar refractivity (Wildman–Crippen MR) is 99.1 cm³/mol. The van der Waals surface area contributed by atoms with E-state index in [1.54, 1.807) is 0 Å². The van der Waals surface area contributed by atoms with Crippen molar-refractivity contribution in [1.29, 1.82) is 0 Å². The number of aliphatic hydroxyl groups is 1. The first-order chi connectivity index (χ1) is 11.8. The van der Waals surface area contributed by atoms with Gasteiger partial charge in [-0.1, -0.05) is 0 Å². The molecule has 0 bridgehead atoms. The number of nitrogens with zero attached hydrogens (tertiary/aromatic N) is 4. The number of hydrogen-bond acceptors (Lipinski definition) is 6. The molecular weight excluding hydrogens is 320 g/mol. The normalized spacial score (nSPS) is 18.5. The molecule has 1 N–H and O–H groups in total. The molecule has 0 saturated carbocycles. The molecule has 1 aliphatic carbocycles. The van der Waals surface area contributed by atoms with Crippen LogP contribution >= 0.6 is 11.3 Å². The maximum absolute atomic E-state index is 8.93. The maximum atomic E-state index is 8.93. The molecule has 1 aliphatic heterocycles. The Labute approximate surface area is 147 Å². The molecule has 0 radical (unpaired) electrons. The van der Waals surface area contributed by atoms with Crippen LogP contribution in [0.3, 0.4) is 0 Å². The number of aromatic nitrogens is 2. The minimum atomic E-state index is 0.307. The van der Waals surface area contributed by atoms with E-state index in [-0.39, 0.29) is 0 Å². The van der Waals surface area contributed by atoms with Gasteiger partial charge in [0.25, 0.3) is 0 Å². The summed E-state index contributed by atoms with van der Waals surface area (Å²) < 4.78 is 0. The molecule has 24 heavy (non-hydrogen) atoms. The molecule has 0 unspecified atom stereocenters. The Morgan fingerprint density at radius 1 is 1.08 bits per heavy atom. The van der Waals surface area contributed by atoms with Crippen molar-refractivity contribution in [3.05, 3.63) is 16.3 Å². The number of rotatable bonds is 5. The van der Waals surface area contributed by atoms with Crippen LogP contribution in [0.1, 0.15) is 35.5 Å². The average Bonchev–Trinajstić information content (AvgIpc) is 3.15. The van der Waals surface area contributed by atoms with Crippen LogP contribution < -0.4 is 4.90 Å². The minimum Gasteiger partial charge on any atom is -0.396 e. The van der Waals surface area contributed by atoms with E-state index in [0.717, 1.165) is 51.4 Å². The Morgan fingerprint density at radius 2 is 1.92 bits per heavy atom. The molecule has 3 heterocycles. The molecule has 4 rings (SSSR count). The monoisotopic (exact) mass is 346 g/mol. The fourth-order valence-corrected chi connectivity index (χ4v) is 5.24. The molecule has 2 aliphatic rings. The van der Waals surface area contributed by atoms with Crippen molar-refractivity contribution < 1.29 is 5.11 Å². The lowest BCUT2D eigenvalue weighted by atomic mass is 10.1. The van der Waals surface area contributed by atoms with Crippen LogP contribution in [0, 0.1) is 6.92 Å². The zero-order chi connectivity index (χ0) is 16.5. The Bertz CT molecular complexity index is 721. The second-order valence-electron chi connectivity index (χ2n) is 6.89. The summed E-state index contributed by atoms with van der Waals surface area (Å²) in [4.78, 5) is 17.2. The van der Waals surface area contributed by atoms with E-state index < -0.39 is 0 Å². The van der Waals surface area contributed by atoms with E-state index in [1.165, 1.54) is 45.7 Å². The smallest absolute Gasteiger partial charge is 0.141 e. The molecule has 1 saturated heterocycles. The van der Waals surface area contributed by atoms with Gasteiger partial charge in [0, 0.05) is 37.7 Å². The lowest BCUT2D eigenvalue weighted by Gasteiger charge is -2.35. The maximum Gasteiger partial charge on any atom is 0.141 e. The van der Waals surface area contributed by atoms with Crippen molar-refractivity contribution in [2.75, 3.05) is 44.2 Å². The van der Waals surface area contributed by atoms with Crippen molar-refractivity contribution in [3.63, 3.8) is 0 Å². The van der Waals surface area contributed by atoms with Crippen LogP contribution in [0.2, 0.25) is 0 Å². The van der Waals surface area contributed by atoms with Gasteiger partial charge in [-0.05, 0) is 51.1 Å². The van der Waals surface area contributed by atoms with E-state index >= 15 is 0 Å². The van der Waals surface area contributed by atoms with Crippen LogP contribution in [-0.2, 0) is 12.8 Å². The highest BCUT2D eigenvalue weighted by atomic mass is 32.1. The number of piperazine rings is 1. The number of unbranched alkanes of at least 4 members (excludes halogenated alkanes) is 1. The Kier molecular flexibility index (Phi) is 4.70. The van der Waals surface area contributed by atoms with Gasteiger partial charge in [-0.3, -0.25) is 4.90 Å². The van der Waals surface area contributed by atoms with Gasteiger partial charge in [0.1, 0.15) is 16.5 Å². The summed E-state index contributed by atoms with van der Waals surface area (Å²) in [6, 6.07) is 0. The zero-order valence-corrected chi connectivity index (χ0v) is 15.2. The standard InChI is InChI=1S/C18H26N4OS/c1-13-19-17(16-14-5-4-6-15(14)24-18(16)20-13)22-10-8-21(9-11-22)7-2-3-12-23/h23H,2-12H2,1H3. The molecule has 0 aromatic carbocycles. The predicted octanol–water partition coefficient (Wildman–Crippen LogP) is 2.38. The Balaban J connectivity index is 1.55. The minimum absolute atomic E-state index is 0.307. The van der Waals surface area contributed by atoms with Crippen LogP contribution in [0.25, 0.3) is 10.2 Å². The van der Waals surface area contributed by atoms with Crippen molar-refractivity contribution in [2.24, 2.45) is 0 Å². The van der Waals surface area contributed by atoms with Gasteiger partial charge in [0.15, 0.2) is 0 Å². The summed E-state index contributed by atoms with van der Waals surface area (Å²) in [6.07, 6.45) is 5.69. The fourth-order valence-electron chi connectivity index (χ4n) is 3.94. The molecule has 6 heteroatoms. The van der Waals surface area contributed by atoms with E-state index in [9.17, 15) is 0 Å². The number of aryl methyl sites for hydroxylation is 3. The van der Waals surface area contributed by atoms with Gasteiger partial charge in [-0.2, -0.15) is 0 Å². The van der Waals surface area contributed by atoms with Gasteiger partial charge in [0.2, 0.25) is 0 Å². The number of hydrogen-bond donors (Lipinski definition) is 1. The molecule has 0 atom stereocenters. The third kappa shape index (κ3) is 3.03. The van der Waals surface area contributed by atoms with Gasteiger partial charge in [-0.15, -0.1) is 11.3 Å². The molecule has 5 nitrogen and oxygen atoms in total. The van der Waals surface area contributed by atoms with Crippen molar-refractivity contribution in [1.82, 2.24) is 14.9 Å². The zero-order valence-electron chi connectivity index (χ0n) is 14.4. The molecule has 130 valence electrons. The highest BCUT2D eigenvalue weighted by molar-refractivity contribution is 7.19. The van der Waals surface area contributed by atoms with E-state index in [2.05, 4.69) is 9.80 Å². The van der Waals surface area contributed by atoms with E-state index in [0.29, 0.717) is 6.61 Å². The third-order valence-electron chi connectivity index (χ3n) is 5.21. The largest absolute Gasteiger partial charge is 0.396 e. The molecule has 0 amide bonds.